The molecule has 13 heavy (non-hydrogen) atoms. The first-order valence-corrected chi connectivity index (χ1v) is 4.46. The first-order valence-electron chi connectivity index (χ1n) is 4.46. The lowest BCUT2D eigenvalue weighted by atomic mass is 10.4. The van der Waals surface area contributed by atoms with E-state index in [9.17, 15) is 4.79 Å². The Labute approximate surface area is 79.5 Å². The summed E-state index contributed by atoms with van der Waals surface area (Å²) in [5.74, 6) is -0.284. The Balaban J connectivity index is 3.29. The highest BCUT2D eigenvalue weighted by Gasteiger charge is 1.90. The van der Waals surface area contributed by atoms with Crippen LogP contribution in [0.25, 0.3) is 0 Å². The van der Waals surface area contributed by atoms with Crippen molar-refractivity contribution < 1.29 is 9.53 Å². The Hall–Kier alpha value is -1.09. The van der Waals surface area contributed by atoms with Gasteiger partial charge in [0.1, 0.15) is 0 Å². The topological polar surface area (TPSA) is 38.3 Å². The molecule has 3 nitrogen and oxygen atoms in total. The number of rotatable bonds is 7. The molecule has 0 fully saturated rings. The molecule has 0 unspecified atom stereocenters. The molecule has 0 saturated heterocycles. The molecule has 3 heteroatoms. The van der Waals surface area contributed by atoms with Crippen molar-refractivity contribution in [3.05, 3.63) is 24.8 Å². The molecule has 0 radical (unpaired) electrons. The third-order valence-corrected chi connectivity index (χ3v) is 1.33. The van der Waals surface area contributed by atoms with Crippen LogP contribution in [-0.4, -0.2) is 25.7 Å². The second-order valence-electron chi connectivity index (χ2n) is 2.44. The fourth-order valence-corrected chi connectivity index (χ4v) is 0.735. The predicted molar refractivity (Wildman–Crippen MR) is 53.5 cm³/mol. The van der Waals surface area contributed by atoms with Crippen LogP contribution in [0.5, 0.6) is 0 Å². The summed E-state index contributed by atoms with van der Waals surface area (Å²) >= 11 is 0. The zero-order valence-corrected chi connectivity index (χ0v) is 8.08. The molecule has 0 aromatic heterocycles. The van der Waals surface area contributed by atoms with Gasteiger partial charge < -0.3 is 10.1 Å². The van der Waals surface area contributed by atoms with E-state index in [0.717, 1.165) is 13.0 Å². The van der Waals surface area contributed by atoms with Gasteiger partial charge in [-0.2, -0.15) is 0 Å². The molecule has 0 aliphatic rings. The zero-order valence-electron chi connectivity index (χ0n) is 8.08. The van der Waals surface area contributed by atoms with Gasteiger partial charge >= 0.3 is 5.97 Å². The van der Waals surface area contributed by atoms with E-state index < -0.39 is 0 Å². The van der Waals surface area contributed by atoms with Crippen molar-refractivity contribution in [2.45, 2.75) is 13.3 Å². The lowest BCUT2D eigenvalue weighted by molar-refractivity contribution is -0.137. The fourth-order valence-electron chi connectivity index (χ4n) is 0.735. The Morgan fingerprint density at radius 2 is 2.38 bits per heavy atom. The maximum Gasteiger partial charge on any atom is 0.330 e. The standard InChI is InChI=1S/C10H17NO2/c1-3-5-8-11-9-6-7-10(12)13-4-2/h3,6-7,11H,1,4-5,8-9H2,2H3/b7-6+. The minimum atomic E-state index is -0.284. The normalized spacial score (nSPS) is 10.2. The van der Waals surface area contributed by atoms with E-state index in [0.29, 0.717) is 13.2 Å². The van der Waals surface area contributed by atoms with Crippen LogP contribution in [0.15, 0.2) is 24.8 Å². The summed E-state index contributed by atoms with van der Waals surface area (Å²) in [7, 11) is 0. The van der Waals surface area contributed by atoms with E-state index in [4.69, 9.17) is 4.74 Å². The van der Waals surface area contributed by atoms with Gasteiger partial charge in [-0.1, -0.05) is 12.2 Å². The highest BCUT2D eigenvalue weighted by atomic mass is 16.5. The second-order valence-corrected chi connectivity index (χ2v) is 2.44. The lowest BCUT2D eigenvalue weighted by Crippen LogP contribution is -2.14. The van der Waals surface area contributed by atoms with Crippen LogP contribution in [0, 0.1) is 0 Å². The summed E-state index contributed by atoms with van der Waals surface area (Å²) < 4.78 is 4.70. The molecule has 0 bridgehead atoms. The number of carbonyl (C=O) groups is 1. The minimum Gasteiger partial charge on any atom is -0.463 e. The molecular weight excluding hydrogens is 166 g/mol. The Bertz CT molecular complexity index is 176. The Morgan fingerprint density at radius 1 is 1.62 bits per heavy atom. The molecule has 1 N–H and O–H groups in total. The van der Waals surface area contributed by atoms with Gasteiger partial charge in [-0.15, -0.1) is 6.58 Å². The minimum absolute atomic E-state index is 0.284. The van der Waals surface area contributed by atoms with Crippen molar-refractivity contribution in [1.82, 2.24) is 5.32 Å². The van der Waals surface area contributed by atoms with Crippen LogP contribution in [0.3, 0.4) is 0 Å². The van der Waals surface area contributed by atoms with Crippen molar-refractivity contribution in [1.29, 1.82) is 0 Å². The summed E-state index contributed by atoms with van der Waals surface area (Å²) in [6, 6.07) is 0. The number of carbonyl (C=O) groups excluding carboxylic acids is 1. The van der Waals surface area contributed by atoms with Crippen LogP contribution in [0.2, 0.25) is 0 Å². The molecule has 0 aromatic rings. The molecular formula is C10H17NO2. The average Bonchev–Trinajstić information content (AvgIpc) is 2.11. The molecule has 0 saturated carbocycles. The zero-order chi connectivity index (χ0) is 9.94. The summed E-state index contributed by atoms with van der Waals surface area (Å²) in [6.45, 7) is 7.38. The molecule has 0 aliphatic carbocycles. The quantitative estimate of drug-likeness (QED) is 0.279. The van der Waals surface area contributed by atoms with Gasteiger partial charge in [0, 0.05) is 12.6 Å². The first-order chi connectivity index (χ1) is 6.31. The average molecular weight is 183 g/mol. The highest BCUT2D eigenvalue weighted by Crippen LogP contribution is 1.80. The predicted octanol–water partition coefficient (Wildman–Crippen LogP) is 1.27. The van der Waals surface area contributed by atoms with Crippen LogP contribution >= 0.6 is 0 Å². The van der Waals surface area contributed by atoms with Gasteiger partial charge in [0.2, 0.25) is 0 Å². The maximum absolute atomic E-state index is 10.8. The van der Waals surface area contributed by atoms with Crippen LogP contribution in [-0.2, 0) is 9.53 Å². The number of esters is 1. The van der Waals surface area contributed by atoms with Crippen LogP contribution < -0.4 is 5.32 Å². The van der Waals surface area contributed by atoms with Crippen molar-refractivity contribution in [2.75, 3.05) is 19.7 Å². The van der Waals surface area contributed by atoms with E-state index in [-0.39, 0.29) is 5.97 Å². The van der Waals surface area contributed by atoms with Gasteiger partial charge in [-0.05, 0) is 19.9 Å². The van der Waals surface area contributed by atoms with Crippen molar-refractivity contribution >= 4 is 5.97 Å². The number of ether oxygens (including phenoxy) is 1. The van der Waals surface area contributed by atoms with Crippen molar-refractivity contribution in [2.24, 2.45) is 0 Å². The Kier molecular flexibility index (Phi) is 8.25. The van der Waals surface area contributed by atoms with E-state index in [2.05, 4.69) is 11.9 Å². The van der Waals surface area contributed by atoms with Gasteiger partial charge in [-0.25, -0.2) is 4.79 Å². The smallest absolute Gasteiger partial charge is 0.330 e. The summed E-state index contributed by atoms with van der Waals surface area (Å²) in [4.78, 5) is 10.8. The molecule has 0 rings (SSSR count). The number of hydrogen-bond donors (Lipinski definition) is 1. The molecule has 0 atom stereocenters. The van der Waals surface area contributed by atoms with E-state index >= 15 is 0 Å². The van der Waals surface area contributed by atoms with E-state index in [1.54, 1.807) is 13.0 Å². The van der Waals surface area contributed by atoms with E-state index in [1.165, 1.54) is 6.08 Å². The molecule has 0 heterocycles. The summed E-state index contributed by atoms with van der Waals surface area (Å²) in [5.41, 5.74) is 0. The molecule has 0 aliphatic heterocycles. The fraction of sp³-hybridized carbons (Fsp3) is 0.500. The number of hydrogen-bond acceptors (Lipinski definition) is 3. The Morgan fingerprint density at radius 3 is 3.00 bits per heavy atom. The molecule has 0 amide bonds. The number of nitrogens with one attached hydrogen (secondary N) is 1. The SMILES string of the molecule is C=CCCNC/C=C/C(=O)OCC. The molecule has 0 aromatic carbocycles. The third-order valence-electron chi connectivity index (χ3n) is 1.33. The van der Waals surface area contributed by atoms with Crippen LogP contribution in [0.4, 0.5) is 0 Å². The highest BCUT2D eigenvalue weighted by molar-refractivity contribution is 5.81. The van der Waals surface area contributed by atoms with Gasteiger partial charge in [-0.3, -0.25) is 0 Å². The summed E-state index contributed by atoms with van der Waals surface area (Å²) in [5, 5.41) is 3.12. The van der Waals surface area contributed by atoms with E-state index in [1.807, 2.05) is 6.08 Å². The van der Waals surface area contributed by atoms with Crippen LogP contribution in [0.1, 0.15) is 13.3 Å². The van der Waals surface area contributed by atoms with Crippen molar-refractivity contribution in [3.8, 4) is 0 Å². The van der Waals surface area contributed by atoms with Gasteiger partial charge in [0.05, 0.1) is 6.61 Å². The summed E-state index contributed by atoms with van der Waals surface area (Å²) in [6.07, 6.45) is 5.97. The monoisotopic (exact) mass is 183 g/mol. The van der Waals surface area contributed by atoms with Gasteiger partial charge in [0.15, 0.2) is 0 Å². The third kappa shape index (κ3) is 8.82. The largest absolute Gasteiger partial charge is 0.463 e. The lowest BCUT2D eigenvalue weighted by Gasteiger charge is -1.97. The molecule has 0 spiro atoms. The first kappa shape index (κ1) is 11.9. The van der Waals surface area contributed by atoms with Crippen molar-refractivity contribution in [3.63, 3.8) is 0 Å². The molecule has 74 valence electrons. The van der Waals surface area contributed by atoms with Gasteiger partial charge in [0.25, 0.3) is 0 Å². The second kappa shape index (κ2) is 9.00. The maximum atomic E-state index is 10.8.